The van der Waals surface area contributed by atoms with Gasteiger partial charge in [-0.25, -0.2) is 4.79 Å². The summed E-state index contributed by atoms with van der Waals surface area (Å²) in [6.45, 7) is 0.914. The fourth-order valence-corrected chi connectivity index (χ4v) is 2.01. The quantitative estimate of drug-likeness (QED) is 0.596. The smallest absolute Gasteiger partial charge is 0.315 e. The zero-order valence-electron chi connectivity index (χ0n) is 9.61. The topological polar surface area (TPSA) is 41.1 Å². The van der Waals surface area contributed by atoms with Gasteiger partial charge >= 0.3 is 6.03 Å². The van der Waals surface area contributed by atoms with E-state index in [2.05, 4.69) is 28.7 Å². The van der Waals surface area contributed by atoms with Gasteiger partial charge in [-0.05, 0) is 5.56 Å². The summed E-state index contributed by atoms with van der Waals surface area (Å²) < 4.78 is 0. The maximum atomic E-state index is 11.1. The summed E-state index contributed by atoms with van der Waals surface area (Å²) >= 11 is 1.79. The number of carbonyl (C=O) groups excluding carboxylic acids is 1. The van der Waals surface area contributed by atoms with Gasteiger partial charge in [0.05, 0.1) is 6.54 Å². The summed E-state index contributed by atoms with van der Waals surface area (Å²) in [6.07, 6.45) is 5.02. The number of terminal acetylenes is 1. The maximum Gasteiger partial charge on any atom is 0.315 e. The third kappa shape index (κ3) is 6.54. The van der Waals surface area contributed by atoms with Crippen LogP contribution in [0.1, 0.15) is 5.56 Å². The molecule has 0 bridgehead atoms. The molecule has 0 saturated heterocycles. The lowest BCUT2D eigenvalue weighted by molar-refractivity contribution is 0.242. The molecule has 1 aromatic carbocycles. The zero-order valence-corrected chi connectivity index (χ0v) is 10.4. The van der Waals surface area contributed by atoms with Crippen molar-refractivity contribution in [2.75, 3.05) is 18.8 Å². The van der Waals surface area contributed by atoms with E-state index in [9.17, 15) is 4.79 Å². The van der Waals surface area contributed by atoms with Crippen LogP contribution in [0, 0.1) is 12.3 Å². The Balaban J connectivity index is 2.02. The Morgan fingerprint density at radius 3 is 2.76 bits per heavy atom. The highest BCUT2D eigenvalue weighted by Crippen LogP contribution is 2.10. The summed E-state index contributed by atoms with van der Waals surface area (Å²) in [4.78, 5) is 11.1. The van der Waals surface area contributed by atoms with Gasteiger partial charge in [0.2, 0.25) is 0 Å². The van der Waals surface area contributed by atoms with Gasteiger partial charge < -0.3 is 10.6 Å². The van der Waals surface area contributed by atoms with Crippen molar-refractivity contribution in [3.63, 3.8) is 0 Å². The molecule has 0 unspecified atom stereocenters. The van der Waals surface area contributed by atoms with Crippen molar-refractivity contribution in [3.05, 3.63) is 35.9 Å². The fourth-order valence-electron chi connectivity index (χ4n) is 1.19. The van der Waals surface area contributed by atoms with E-state index < -0.39 is 0 Å². The number of benzene rings is 1. The molecular formula is C13H16N2OS. The molecule has 1 rings (SSSR count). The summed E-state index contributed by atoms with van der Waals surface area (Å²) in [6, 6.07) is 10.1. The Labute approximate surface area is 106 Å². The predicted molar refractivity (Wildman–Crippen MR) is 72.8 cm³/mol. The first-order valence-electron chi connectivity index (χ1n) is 5.40. The number of hydrogen-bond donors (Lipinski definition) is 2. The first-order valence-corrected chi connectivity index (χ1v) is 6.55. The van der Waals surface area contributed by atoms with Crippen LogP contribution in [0.25, 0.3) is 0 Å². The molecule has 0 aliphatic carbocycles. The van der Waals surface area contributed by atoms with Crippen LogP contribution < -0.4 is 10.6 Å². The van der Waals surface area contributed by atoms with Gasteiger partial charge in [0.15, 0.2) is 0 Å². The van der Waals surface area contributed by atoms with Crippen LogP contribution in [0.4, 0.5) is 4.79 Å². The minimum atomic E-state index is -0.205. The molecule has 0 fully saturated rings. The lowest BCUT2D eigenvalue weighted by atomic mass is 10.2. The van der Waals surface area contributed by atoms with E-state index in [1.54, 1.807) is 11.8 Å². The second-order valence-corrected chi connectivity index (χ2v) is 4.46. The zero-order chi connectivity index (χ0) is 12.3. The average molecular weight is 248 g/mol. The van der Waals surface area contributed by atoms with Crippen LogP contribution in [-0.2, 0) is 5.75 Å². The molecule has 0 aromatic heterocycles. The summed E-state index contributed by atoms with van der Waals surface area (Å²) in [7, 11) is 0. The molecule has 90 valence electrons. The summed E-state index contributed by atoms with van der Waals surface area (Å²) in [5, 5.41) is 5.28. The summed E-state index contributed by atoms with van der Waals surface area (Å²) in [5.41, 5.74) is 1.30. The van der Waals surface area contributed by atoms with Crippen LogP contribution in [0.2, 0.25) is 0 Å². The predicted octanol–water partition coefficient (Wildman–Crippen LogP) is 1.85. The average Bonchev–Trinajstić information content (AvgIpc) is 2.37. The second kappa shape index (κ2) is 8.54. The highest BCUT2D eigenvalue weighted by molar-refractivity contribution is 7.98. The Kier molecular flexibility index (Phi) is 6.76. The molecule has 0 spiro atoms. The molecule has 0 aliphatic rings. The van der Waals surface area contributed by atoms with Gasteiger partial charge in [-0.2, -0.15) is 11.8 Å². The van der Waals surface area contributed by atoms with Crippen LogP contribution in [-0.4, -0.2) is 24.9 Å². The lowest BCUT2D eigenvalue weighted by Gasteiger charge is -2.05. The number of rotatable bonds is 6. The van der Waals surface area contributed by atoms with E-state index in [-0.39, 0.29) is 12.6 Å². The first-order chi connectivity index (χ1) is 8.33. The van der Waals surface area contributed by atoms with Crippen molar-refractivity contribution < 1.29 is 4.79 Å². The number of amides is 2. The lowest BCUT2D eigenvalue weighted by Crippen LogP contribution is -2.36. The molecule has 2 amide bonds. The Bertz CT molecular complexity index is 373. The van der Waals surface area contributed by atoms with Gasteiger partial charge in [-0.15, -0.1) is 6.42 Å². The van der Waals surface area contributed by atoms with Gasteiger partial charge in [-0.1, -0.05) is 36.3 Å². The van der Waals surface area contributed by atoms with Crippen LogP contribution >= 0.6 is 11.8 Å². The molecule has 0 atom stereocenters. The Morgan fingerprint density at radius 1 is 1.29 bits per heavy atom. The molecule has 0 saturated carbocycles. The SMILES string of the molecule is C#CCNC(=O)NCCSCc1ccccc1. The number of urea groups is 1. The molecule has 0 aliphatic heterocycles. The highest BCUT2D eigenvalue weighted by Gasteiger charge is 1.97. The molecule has 2 N–H and O–H groups in total. The first kappa shape index (κ1) is 13.5. The Morgan fingerprint density at radius 2 is 2.06 bits per heavy atom. The minimum absolute atomic E-state index is 0.205. The van der Waals surface area contributed by atoms with Gasteiger partial charge in [-0.3, -0.25) is 0 Å². The van der Waals surface area contributed by atoms with E-state index in [4.69, 9.17) is 6.42 Å². The van der Waals surface area contributed by atoms with Crippen molar-refractivity contribution >= 4 is 17.8 Å². The normalized spacial score (nSPS) is 9.35. The second-order valence-electron chi connectivity index (χ2n) is 3.35. The van der Waals surface area contributed by atoms with Crippen molar-refractivity contribution in [3.8, 4) is 12.3 Å². The van der Waals surface area contributed by atoms with Crippen molar-refractivity contribution in [1.29, 1.82) is 0 Å². The third-order valence-electron chi connectivity index (χ3n) is 1.99. The van der Waals surface area contributed by atoms with Gasteiger partial charge in [0.25, 0.3) is 0 Å². The standard InChI is InChI=1S/C13H16N2OS/c1-2-8-14-13(16)15-9-10-17-11-12-6-4-3-5-7-12/h1,3-7H,8-11H2,(H2,14,15,16). The molecule has 17 heavy (non-hydrogen) atoms. The van der Waals surface area contributed by atoms with Crippen LogP contribution in [0.5, 0.6) is 0 Å². The monoisotopic (exact) mass is 248 g/mol. The van der Waals surface area contributed by atoms with Crippen molar-refractivity contribution in [2.45, 2.75) is 5.75 Å². The molecule has 1 aromatic rings. The number of nitrogens with one attached hydrogen (secondary N) is 2. The summed E-state index contributed by atoms with van der Waals surface area (Å²) in [5.74, 6) is 4.20. The van der Waals surface area contributed by atoms with E-state index in [0.29, 0.717) is 6.54 Å². The fraction of sp³-hybridized carbons (Fsp3) is 0.308. The molecule has 0 heterocycles. The van der Waals surface area contributed by atoms with Gasteiger partial charge in [0.1, 0.15) is 0 Å². The number of thioether (sulfide) groups is 1. The van der Waals surface area contributed by atoms with Crippen LogP contribution in [0.3, 0.4) is 0 Å². The number of carbonyl (C=O) groups is 1. The largest absolute Gasteiger partial charge is 0.337 e. The maximum absolute atomic E-state index is 11.1. The van der Waals surface area contributed by atoms with Crippen molar-refractivity contribution in [1.82, 2.24) is 10.6 Å². The molecule has 4 heteroatoms. The van der Waals surface area contributed by atoms with Crippen molar-refractivity contribution in [2.24, 2.45) is 0 Å². The van der Waals surface area contributed by atoms with E-state index in [1.807, 2.05) is 18.2 Å². The third-order valence-corrected chi connectivity index (χ3v) is 3.02. The highest BCUT2D eigenvalue weighted by atomic mass is 32.2. The van der Waals surface area contributed by atoms with Crippen LogP contribution in [0.15, 0.2) is 30.3 Å². The van der Waals surface area contributed by atoms with E-state index >= 15 is 0 Å². The number of hydrogen-bond acceptors (Lipinski definition) is 2. The van der Waals surface area contributed by atoms with E-state index in [1.165, 1.54) is 5.56 Å². The minimum Gasteiger partial charge on any atom is -0.337 e. The van der Waals surface area contributed by atoms with E-state index in [0.717, 1.165) is 11.5 Å². The van der Waals surface area contributed by atoms with Gasteiger partial charge in [0, 0.05) is 18.1 Å². The molecular weight excluding hydrogens is 232 g/mol. The molecule has 0 radical (unpaired) electrons. The Hall–Kier alpha value is -1.60. The molecule has 3 nitrogen and oxygen atoms in total.